The van der Waals surface area contributed by atoms with Gasteiger partial charge < -0.3 is 14.8 Å². The monoisotopic (exact) mass is 257 g/mol. The summed E-state index contributed by atoms with van der Waals surface area (Å²) in [6.07, 6.45) is 3.33. The van der Waals surface area contributed by atoms with E-state index in [1.165, 1.54) is 54.8 Å². The molecule has 3 rings (SSSR count). The maximum Gasteiger partial charge on any atom is 0.0459 e. The normalized spacial score (nSPS) is 18.2. The molecule has 1 aliphatic heterocycles. The maximum absolute atomic E-state index is 3.40. The zero-order valence-corrected chi connectivity index (χ0v) is 11.9. The van der Waals surface area contributed by atoms with Gasteiger partial charge in [0.05, 0.1) is 0 Å². The molecule has 2 heterocycles. The summed E-state index contributed by atoms with van der Waals surface area (Å²) in [5.74, 6) is 0. The highest BCUT2D eigenvalue weighted by molar-refractivity contribution is 5.83. The number of piperazine rings is 1. The summed E-state index contributed by atoms with van der Waals surface area (Å²) in [6, 6.07) is 6.69. The SMILES string of the molecule is Cc1ccc2c(CCN3CCN(C)CC3)c[nH]c2c1. The Morgan fingerprint density at radius 2 is 1.95 bits per heavy atom. The highest BCUT2D eigenvalue weighted by Crippen LogP contribution is 2.20. The number of benzene rings is 1. The minimum absolute atomic E-state index is 1.15. The fourth-order valence-corrected chi connectivity index (χ4v) is 2.86. The smallest absolute Gasteiger partial charge is 0.0459 e. The molecule has 1 fully saturated rings. The maximum atomic E-state index is 3.40. The van der Waals surface area contributed by atoms with Gasteiger partial charge in [-0.05, 0) is 37.6 Å². The summed E-state index contributed by atoms with van der Waals surface area (Å²) in [4.78, 5) is 8.38. The molecule has 1 saturated heterocycles. The van der Waals surface area contributed by atoms with Gasteiger partial charge in [-0.15, -0.1) is 0 Å². The molecule has 0 bridgehead atoms. The van der Waals surface area contributed by atoms with Crippen LogP contribution in [0, 0.1) is 6.92 Å². The molecule has 0 spiro atoms. The van der Waals surface area contributed by atoms with Crippen LogP contribution in [-0.4, -0.2) is 54.6 Å². The number of rotatable bonds is 3. The summed E-state index contributed by atoms with van der Waals surface area (Å²) < 4.78 is 0. The van der Waals surface area contributed by atoms with Crippen LogP contribution < -0.4 is 0 Å². The number of aromatic amines is 1. The lowest BCUT2D eigenvalue weighted by Gasteiger charge is -2.32. The van der Waals surface area contributed by atoms with E-state index in [0.717, 1.165) is 6.42 Å². The fourth-order valence-electron chi connectivity index (χ4n) is 2.86. The second kappa shape index (κ2) is 5.35. The van der Waals surface area contributed by atoms with Crippen molar-refractivity contribution in [2.45, 2.75) is 13.3 Å². The van der Waals surface area contributed by atoms with E-state index in [-0.39, 0.29) is 0 Å². The van der Waals surface area contributed by atoms with E-state index in [1.54, 1.807) is 0 Å². The van der Waals surface area contributed by atoms with Crippen molar-refractivity contribution in [2.75, 3.05) is 39.8 Å². The van der Waals surface area contributed by atoms with Gasteiger partial charge in [0.1, 0.15) is 0 Å². The third-order valence-electron chi connectivity index (χ3n) is 4.22. The average Bonchev–Trinajstić information content (AvgIpc) is 2.80. The Hall–Kier alpha value is -1.32. The van der Waals surface area contributed by atoms with Crippen LogP contribution in [0.3, 0.4) is 0 Å². The summed E-state index contributed by atoms with van der Waals surface area (Å²) in [7, 11) is 2.21. The average molecular weight is 257 g/mol. The van der Waals surface area contributed by atoms with Crippen LogP contribution in [0.5, 0.6) is 0 Å². The molecule has 1 aromatic heterocycles. The van der Waals surface area contributed by atoms with Gasteiger partial charge >= 0.3 is 0 Å². The molecule has 0 aliphatic carbocycles. The molecule has 0 saturated carbocycles. The minimum Gasteiger partial charge on any atom is -0.361 e. The van der Waals surface area contributed by atoms with Gasteiger partial charge in [-0.3, -0.25) is 0 Å². The van der Waals surface area contributed by atoms with Gasteiger partial charge in [0.25, 0.3) is 0 Å². The quantitative estimate of drug-likeness (QED) is 0.911. The van der Waals surface area contributed by atoms with Crippen molar-refractivity contribution in [2.24, 2.45) is 0 Å². The number of hydrogen-bond donors (Lipinski definition) is 1. The van der Waals surface area contributed by atoms with Crippen LogP contribution in [0.2, 0.25) is 0 Å². The summed E-state index contributed by atoms with van der Waals surface area (Å²) >= 11 is 0. The standard InChI is InChI=1S/C16H23N3/c1-13-3-4-15-14(12-17-16(15)11-13)5-6-19-9-7-18(2)8-10-19/h3-4,11-12,17H,5-10H2,1-2H3. The molecule has 1 N–H and O–H groups in total. The van der Waals surface area contributed by atoms with Crippen LogP contribution in [0.4, 0.5) is 0 Å². The Labute approximate surface area is 115 Å². The Balaban J connectivity index is 1.65. The topological polar surface area (TPSA) is 22.3 Å². The van der Waals surface area contributed by atoms with Crippen LogP contribution in [-0.2, 0) is 6.42 Å². The Morgan fingerprint density at radius 1 is 1.16 bits per heavy atom. The number of nitrogens with one attached hydrogen (secondary N) is 1. The lowest BCUT2D eigenvalue weighted by molar-refractivity contribution is 0.155. The predicted octanol–water partition coefficient (Wildman–Crippen LogP) is 2.27. The third-order valence-corrected chi connectivity index (χ3v) is 4.22. The number of aryl methyl sites for hydroxylation is 1. The van der Waals surface area contributed by atoms with Crippen molar-refractivity contribution in [1.29, 1.82) is 0 Å². The van der Waals surface area contributed by atoms with Crippen molar-refractivity contribution >= 4 is 10.9 Å². The first-order valence-corrected chi connectivity index (χ1v) is 7.20. The first kappa shape index (κ1) is 12.7. The van der Waals surface area contributed by atoms with Gasteiger partial charge in [0.15, 0.2) is 0 Å². The van der Waals surface area contributed by atoms with Crippen LogP contribution in [0.1, 0.15) is 11.1 Å². The molecule has 3 heteroatoms. The number of aromatic nitrogens is 1. The summed E-state index contributed by atoms with van der Waals surface area (Å²) in [5.41, 5.74) is 4.04. The molecular weight excluding hydrogens is 234 g/mol. The second-order valence-corrected chi connectivity index (χ2v) is 5.76. The highest BCUT2D eigenvalue weighted by Gasteiger charge is 2.14. The molecule has 102 valence electrons. The van der Waals surface area contributed by atoms with E-state index >= 15 is 0 Å². The molecule has 1 aromatic carbocycles. The number of likely N-dealkylation sites (N-methyl/N-ethyl adjacent to an activating group) is 1. The van der Waals surface area contributed by atoms with Crippen molar-refractivity contribution in [3.63, 3.8) is 0 Å². The number of H-pyrrole nitrogens is 1. The fraction of sp³-hybridized carbons (Fsp3) is 0.500. The molecule has 0 radical (unpaired) electrons. The Kier molecular flexibility index (Phi) is 3.58. The van der Waals surface area contributed by atoms with Crippen LogP contribution in [0.25, 0.3) is 10.9 Å². The van der Waals surface area contributed by atoms with E-state index in [9.17, 15) is 0 Å². The van der Waals surface area contributed by atoms with E-state index in [0.29, 0.717) is 0 Å². The van der Waals surface area contributed by atoms with Crippen molar-refractivity contribution in [3.8, 4) is 0 Å². The van der Waals surface area contributed by atoms with E-state index in [2.05, 4.69) is 53.2 Å². The van der Waals surface area contributed by atoms with Gasteiger partial charge in [-0.2, -0.15) is 0 Å². The van der Waals surface area contributed by atoms with E-state index in [1.807, 2.05) is 0 Å². The van der Waals surface area contributed by atoms with Gasteiger partial charge in [0, 0.05) is 49.8 Å². The first-order chi connectivity index (χ1) is 9.22. The number of hydrogen-bond acceptors (Lipinski definition) is 2. The second-order valence-electron chi connectivity index (χ2n) is 5.76. The molecule has 0 unspecified atom stereocenters. The van der Waals surface area contributed by atoms with Crippen molar-refractivity contribution in [3.05, 3.63) is 35.5 Å². The third kappa shape index (κ3) is 2.82. The molecule has 19 heavy (non-hydrogen) atoms. The van der Waals surface area contributed by atoms with E-state index in [4.69, 9.17) is 0 Å². The van der Waals surface area contributed by atoms with Crippen molar-refractivity contribution in [1.82, 2.24) is 14.8 Å². The molecule has 1 aliphatic rings. The Morgan fingerprint density at radius 3 is 2.74 bits per heavy atom. The molecule has 3 nitrogen and oxygen atoms in total. The number of nitrogens with zero attached hydrogens (tertiary/aromatic N) is 2. The predicted molar refractivity (Wildman–Crippen MR) is 80.7 cm³/mol. The highest BCUT2D eigenvalue weighted by atomic mass is 15.2. The van der Waals surface area contributed by atoms with Crippen molar-refractivity contribution < 1.29 is 0 Å². The van der Waals surface area contributed by atoms with Gasteiger partial charge in [-0.1, -0.05) is 12.1 Å². The summed E-state index contributed by atoms with van der Waals surface area (Å²) in [6.45, 7) is 8.13. The molecule has 0 atom stereocenters. The lowest BCUT2D eigenvalue weighted by atomic mass is 10.1. The zero-order valence-electron chi connectivity index (χ0n) is 11.9. The zero-order chi connectivity index (χ0) is 13.2. The van der Waals surface area contributed by atoms with Crippen LogP contribution >= 0.6 is 0 Å². The minimum atomic E-state index is 1.15. The Bertz CT molecular complexity index is 550. The molecular formula is C16H23N3. The largest absolute Gasteiger partial charge is 0.361 e. The number of fused-ring (bicyclic) bond motifs is 1. The van der Waals surface area contributed by atoms with E-state index < -0.39 is 0 Å². The first-order valence-electron chi connectivity index (χ1n) is 7.20. The molecule has 2 aromatic rings. The van der Waals surface area contributed by atoms with Gasteiger partial charge in [0.2, 0.25) is 0 Å². The van der Waals surface area contributed by atoms with Gasteiger partial charge in [-0.25, -0.2) is 0 Å². The lowest BCUT2D eigenvalue weighted by Crippen LogP contribution is -2.45. The van der Waals surface area contributed by atoms with Crippen LogP contribution in [0.15, 0.2) is 24.4 Å². The summed E-state index contributed by atoms with van der Waals surface area (Å²) in [5, 5.41) is 1.39. The molecule has 0 amide bonds.